The first-order valence-corrected chi connectivity index (χ1v) is 8.08. The summed E-state index contributed by atoms with van der Waals surface area (Å²) >= 11 is 0. The molecule has 0 aliphatic carbocycles. The van der Waals surface area contributed by atoms with Gasteiger partial charge in [0.05, 0.1) is 0 Å². The highest BCUT2D eigenvalue weighted by molar-refractivity contribution is 5.70. The van der Waals surface area contributed by atoms with E-state index >= 15 is 0 Å². The number of hydrogen-bond donors (Lipinski definition) is 1. The first-order chi connectivity index (χ1) is 12.1. The number of allylic oxidation sites excluding steroid dienone is 2. The minimum absolute atomic E-state index is 0.0341. The van der Waals surface area contributed by atoms with Gasteiger partial charge in [-0.1, -0.05) is 49.4 Å². The van der Waals surface area contributed by atoms with E-state index in [2.05, 4.69) is 23.1 Å². The van der Waals surface area contributed by atoms with Crippen LogP contribution in [0.25, 0.3) is 11.2 Å². The Balaban J connectivity index is 2.26. The van der Waals surface area contributed by atoms with Crippen molar-refractivity contribution >= 4 is 11.2 Å². The van der Waals surface area contributed by atoms with Crippen LogP contribution < -0.4 is 11.2 Å². The molecular formula is C19H20N4O2. The van der Waals surface area contributed by atoms with Gasteiger partial charge in [-0.25, -0.2) is 9.78 Å². The van der Waals surface area contributed by atoms with Crippen LogP contribution in [0.3, 0.4) is 0 Å². The number of fused-ring (bicyclic) bond motifs is 1. The lowest BCUT2D eigenvalue weighted by Crippen LogP contribution is -2.39. The summed E-state index contributed by atoms with van der Waals surface area (Å²) in [7, 11) is 0. The normalized spacial score (nSPS) is 12.2. The number of aromatic amines is 1. The van der Waals surface area contributed by atoms with E-state index in [0.717, 1.165) is 10.1 Å². The highest BCUT2D eigenvalue weighted by atomic mass is 16.2. The van der Waals surface area contributed by atoms with E-state index in [0.29, 0.717) is 17.0 Å². The summed E-state index contributed by atoms with van der Waals surface area (Å²) in [5.41, 5.74) is 0.946. The molecule has 1 N–H and O–H groups in total. The Hall–Kier alpha value is -3.15. The third kappa shape index (κ3) is 2.87. The SMILES string of the molecule is C=CCn1c(=O)c2[nH]c(C(C)c3ccccc3)nc2n(CC=C)c1=O. The highest BCUT2D eigenvalue weighted by Gasteiger charge is 2.19. The van der Waals surface area contributed by atoms with Crippen molar-refractivity contribution in [2.24, 2.45) is 0 Å². The first-order valence-electron chi connectivity index (χ1n) is 8.08. The molecule has 2 aromatic heterocycles. The van der Waals surface area contributed by atoms with Gasteiger partial charge in [0.25, 0.3) is 5.56 Å². The van der Waals surface area contributed by atoms with E-state index in [1.165, 1.54) is 10.6 Å². The second-order valence-corrected chi connectivity index (χ2v) is 5.84. The number of aromatic nitrogens is 4. The summed E-state index contributed by atoms with van der Waals surface area (Å²) in [5, 5.41) is 0. The van der Waals surface area contributed by atoms with Gasteiger partial charge in [-0.05, 0) is 5.56 Å². The maximum atomic E-state index is 12.7. The van der Waals surface area contributed by atoms with Crippen LogP contribution in [-0.4, -0.2) is 19.1 Å². The van der Waals surface area contributed by atoms with E-state index in [4.69, 9.17) is 0 Å². The molecule has 1 atom stereocenters. The number of nitrogens with zero attached hydrogens (tertiary/aromatic N) is 3. The fourth-order valence-electron chi connectivity index (χ4n) is 2.87. The molecule has 6 nitrogen and oxygen atoms in total. The molecule has 0 saturated heterocycles. The van der Waals surface area contributed by atoms with Crippen molar-refractivity contribution in [1.82, 2.24) is 19.1 Å². The van der Waals surface area contributed by atoms with E-state index < -0.39 is 5.69 Å². The van der Waals surface area contributed by atoms with Crippen molar-refractivity contribution in [2.75, 3.05) is 0 Å². The Morgan fingerprint density at radius 3 is 2.40 bits per heavy atom. The van der Waals surface area contributed by atoms with Crippen molar-refractivity contribution in [3.8, 4) is 0 Å². The zero-order valence-corrected chi connectivity index (χ0v) is 14.1. The van der Waals surface area contributed by atoms with Gasteiger partial charge in [-0.15, -0.1) is 13.2 Å². The number of imidazole rings is 1. The molecule has 0 spiro atoms. The molecule has 0 amide bonds. The Morgan fingerprint density at radius 2 is 1.76 bits per heavy atom. The molecule has 0 fully saturated rings. The summed E-state index contributed by atoms with van der Waals surface area (Å²) in [4.78, 5) is 32.9. The fraction of sp³-hybridized carbons (Fsp3) is 0.211. The Bertz CT molecular complexity index is 1040. The average Bonchev–Trinajstić information content (AvgIpc) is 3.08. The summed E-state index contributed by atoms with van der Waals surface area (Å²) in [6.07, 6.45) is 3.13. The van der Waals surface area contributed by atoms with Gasteiger partial charge in [0.2, 0.25) is 0 Å². The highest BCUT2D eigenvalue weighted by Crippen LogP contribution is 2.22. The molecule has 2 heterocycles. The topological polar surface area (TPSA) is 72.7 Å². The lowest BCUT2D eigenvalue weighted by Gasteiger charge is -2.08. The van der Waals surface area contributed by atoms with Crippen molar-refractivity contribution in [2.45, 2.75) is 25.9 Å². The van der Waals surface area contributed by atoms with Gasteiger partial charge < -0.3 is 4.98 Å². The summed E-state index contributed by atoms with van der Waals surface area (Å²) in [6.45, 7) is 9.73. The van der Waals surface area contributed by atoms with Crippen LogP contribution in [0.2, 0.25) is 0 Å². The van der Waals surface area contributed by atoms with Crippen LogP contribution in [0.1, 0.15) is 24.2 Å². The number of nitrogens with one attached hydrogen (secondary N) is 1. The molecule has 3 aromatic rings. The molecular weight excluding hydrogens is 316 g/mol. The molecule has 6 heteroatoms. The van der Waals surface area contributed by atoms with Crippen LogP contribution in [-0.2, 0) is 13.1 Å². The molecule has 1 unspecified atom stereocenters. The number of benzene rings is 1. The third-order valence-corrected chi connectivity index (χ3v) is 4.21. The molecule has 0 saturated carbocycles. The van der Waals surface area contributed by atoms with Crippen LogP contribution in [0.4, 0.5) is 0 Å². The lowest BCUT2D eigenvalue weighted by molar-refractivity contribution is 0.645. The molecule has 0 aliphatic rings. The monoisotopic (exact) mass is 336 g/mol. The number of rotatable bonds is 6. The quantitative estimate of drug-likeness (QED) is 0.703. The van der Waals surface area contributed by atoms with Crippen molar-refractivity contribution in [3.63, 3.8) is 0 Å². The first kappa shape index (κ1) is 16.7. The average molecular weight is 336 g/mol. The van der Waals surface area contributed by atoms with Gasteiger partial charge in [0.1, 0.15) is 11.3 Å². The predicted octanol–water partition coefficient (Wildman–Crippen LogP) is 2.41. The summed E-state index contributed by atoms with van der Waals surface area (Å²) < 4.78 is 2.60. The van der Waals surface area contributed by atoms with Crippen LogP contribution in [0, 0.1) is 0 Å². The zero-order chi connectivity index (χ0) is 18.0. The molecule has 0 aliphatic heterocycles. The van der Waals surface area contributed by atoms with Crippen molar-refractivity contribution < 1.29 is 0 Å². The summed E-state index contributed by atoms with van der Waals surface area (Å²) in [5.74, 6) is 0.611. The smallest absolute Gasteiger partial charge is 0.333 e. The molecule has 0 bridgehead atoms. The van der Waals surface area contributed by atoms with Gasteiger partial charge >= 0.3 is 5.69 Å². The van der Waals surface area contributed by atoms with E-state index in [1.807, 2.05) is 37.3 Å². The van der Waals surface area contributed by atoms with E-state index in [-0.39, 0.29) is 24.6 Å². The molecule has 0 radical (unpaired) electrons. The van der Waals surface area contributed by atoms with Crippen molar-refractivity contribution in [3.05, 3.63) is 87.9 Å². The van der Waals surface area contributed by atoms with Crippen LogP contribution in [0.5, 0.6) is 0 Å². The standard InChI is InChI=1S/C19H20N4O2/c1-4-11-22-17-15(18(24)23(12-5-2)19(22)25)20-16(21-17)13(3)14-9-7-6-8-10-14/h4-10,13H,1-2,11-12H2,3H3,(H,20,21). The minimum atomic E-state index is -0.414. The Kier molecular flexibility index (Phi) is 4.52. The minimum Gasteiger partial charge on any atom is -0.336 e. The van der Waals surface area contributed by atoms with Crippen LogP contribution in [0.15, 0.2) is 65.2 Å². The van der Waals surface area contributed by atoms with E-state index in [1.54, 1.807) is 6.08 Å². The Labute approximate surface area is 144 Å². The zero-order valence-electron chi connectivity index (χ0n) is 14.1. The molecule has 3 rings (SSSR count). The van der Waals surface area contributed by atoms with Gasteiger partial charge in [0, 0.05) is 19.0 Å². The lowest BCUT2D eigenvalue weighted by atomic mass is 10.0. The van der Waals surface area contributed by atoms with Crippen LogP contribution >= 0.6 is 0 Å². The second kappa shape index (κ2) is 6.76. The molecule has 128 valence electrons. The molecule has 25 heavy (non-hydrogen) atoms. The fourth-order valence-corrected chi connectivity index (χ4v) is 2.87. The number of H-pyrrole nitrogens is 1. The summed E-state index contributed by atoms with van der Waals surface area (Å²) in [6, 6.07) is 9.87. The van der Waals surface area contributed by atoms with Gasteiger partial charge in [0.15, 0.2) is 5.65 Å². The second-order valence-electron chi connectivity index (χ2n) is 5.84. The third-order valence-electron chi connectivity index (χ3n) is 4.21. The van der Waals surface area contributed by atoms with Crippen molar-refractivity contribution in [1.29, 1.82) is 0 Å². The molecule has 1 aromatic carbocycles. The maximum Gasteiger partial charge on any atom is 0.333 e. The van der Waals surface area contributed by atoms with Gasteiger partial charge in [-0.2, -0.15) is 0 Å². The largest absolute Gasteiger partial charge is 0.336 e. The van der Waals surface area contributed by atoms with E-state index in [9.17, 15) is 9.59 Å². The predicted molar refractivity (Wildman–Crippen MR) is 99.0 cm³/mol. The number of hydrogen-bond acceptors (Lipinski definition) is 3. The Morgan fingerprint density at radius 1 is 1.12 bits per heavy atom. The van der Waals surface area contributed by atoms with Gasteiger partial charge in [-0.3, -0.25) is 13.9 Å². The maximum absolute atomic E-state index is 12.7.